The second-order valence-corrected chi connectivity index (χ2v) is 15.2. The van der Waals surface area contributed by atoms with Gasteiger partial charge in [0, 0.05) is 0 Å². The molecule has 0 fully saturated rings. The van der Waals surface area contributed by atoms with Crippen LogP contribution in [0, 0.1) is 5.82 Å². The van der Waals surface area contributed by atoms with Gasteiger partial charge in [-0.2, -0.15) is 26.7 Å². The van der Waals surface area contributed by atoms with E-state index in [4.69, 9.17) is 4.43 Å². The predicted octanol–water partition coefficient (Wildman–Crippen LogP) is 6.78. The van der Waals surface area contributed by atoms with Crippen molar-refractivity contribution in [3.63, 3.8) is 0 Å². The molecule has 3 aromatic carbocycles. The third-order valence-electron chi connectivity index (χ3n) is 6.19. The molecule has 1 unspecified atom stereocenters. The van der Waals surface area contributed by atoms with Crippen LogP contribution in [0.1, 0.15) is 39.7 Å². The molecule has 0 spiro atoms. The lowest BCUT2D eigenvalue weighted by molar-refractivity contribution is -0.140. The van der Waals surface area contributed by atoms with Crippen molar-refractivity contribution in [2.75, 3.05) is 6.26 Å². The number of thioether (sulfide) groups is 1. The normalized spacial score (nSPS) is 13.4. The molecule has 216 valence electrons. The van der Waals surface area contributed by atoms with Crippen molar-refractivity contribution >= 4 is 60.7 Å². The number of amidine groups is 1. The van der Waals surface area contributed by atoms with Crippen molar-refractivity contribution in [1.82, 2.24) is 5.32 Å². The Kier molecular flexibility index (Phi) is 11.6. The summed E-state index contributed by atoms with van der Waals surface area (Å²) in [5.41, 5.74) is -1.53. The zero-order valence-corrected chi connectivity index (χ0v) is 25.8. The quantitative estimate of drug-likeness (QED) is 0.139. The van der Waals surface area contributed by atoms with Crippen molar-refractivity contribution in [1.29, 1.82) is 0 Å². The van der Waals surface area contributed by atoms with Gasteiger partial charge < -0.3 is 9.74 Å². The van der Waals surface area contributed by atoms with Gasteiger partial charge in [0.05, 0.1) is 23.8 Å². The molecular formula is C29H34F4N2O2S2Si. The Morgan fingerprint density at radius 1 is 0.975 bits per heavy atom. The summed E-state index contributed by atoms with van der Waals surface area (Å²) in [5.74, 6) is -1.78. The van der Waals surface area contributed by atoms with E-state index in [9.17, 15) is 22.4 Å². The first-order chi connectivity index (χ1) is 18.3. The number of rotatable bonds is 7. The second-order valence-electron chi connectivity index (χ2n) is 10.1. The van der Waals surface area contributed by atoms with E-state index >= 15 is 0 Å². The molecule has 3 aromatic rings. The third kappa shape index (κ3) is 7.99. The topological polar surface area (TPSA) is 50.7 Å². The van der Waals surface area contributed by atoms with Crippen LogP contribution >= 0.6 is 25.3 Å². The number of hydrogen-bond donors (Lipinski definition) is 1. The first kappa shape index (κ1) is 33.6. The van der Waals surface area contributed by atoms with Crippen molar-refractivity contribution in [2.45, 2.75) is 51.4 Å². The molecule has 1 N–H and O–H groups in total. The maximum absolute atomic E-state index is 13.6. The van der Waals surface area contributed by atoms with Crippen molar-refractivity contribution in [3.05, 3.63) is 90.2 Å². The molecule has 0 aromatic heterocycles. The highest BCUT2D eigenvalue weighted by Crippen LogP contribution is 2.38. The van der Waals surface area contributed by atoms with Gasteiger partial charge in [0.2, 0.25) is 5.91 Å². The number of nitrogens with one attached hydrogen (secondary N) is 1. The lowest BCUT2D eigenvalue weighted by atomic mass is 10.2. The van der Waals surface area contributed by atoms with Gasteiger partial charge in [-0.1, -0.05) is 93.2 Å². The van der Waals surface area contributed by atoms with Crippen LogP contribution in [0.2, 0.25) is 5.04 Å². The van der Waals surface area contributed by atoms with E-state index in [0.29, 0.717) is 12.1 Å². The summed E-state index contributed by atoms with van der Waals surface area (Å²) >= 11 is 1.06. The number of hydrogen-bond acceptors (Lipinski definition) is 4. The minimum Gasteiger partial charge on any atom is -0.404 e. The minimum absolute atomic E-state index is 0. The van der Waals surface area contributed by atoms with E-state index in [1.54, 1.807) is 6.26 Å². The summed E-state index contributed by atoms with van der Waals surface area (Å²) in [6.07, 6.45) is -3.70. The van der Waals surface area contributed by atoms with Crippen LogP contribution in [0.15, 0.2) is 83.9 Å². The number of nitrogens with zero attached hydrogens (tertiary/aromatic N) is 1. The van der Waals surface area contributed by atoms with Crippen molar-refractivity contribution in [3.8, 4) is 0 Å². The molecule has 0 radical (unpaired) electrons. The maximum atomic E-state index is 13.6. The number of carbonyl (C=O) groups excluding carboxylic acids is 1. The molecule has 0 saturated carbocycles. The molecule has 3 rings (SSSR count). The molecule has 0 aliphatic heterocycles. The molecule has 0 heterocycles. The van der Waals surface area contributed by atoms with E-state index in [2.05, 4.69) is 55.3 Å². The lowest BCUT2D eigenvalue weighted by Crippen LogP contribution is -2.67. The van der Waals surface area contributed by atoms with E-state index in [1.807, 2.05) is 43.3 Å². The molecule has 11 heteroatoms. The molecule has 40 heavy (non-hydrogen) atoms. The SMILES string of the molecule is CSC(=Nc1ccc(F)c(C(F)(F)F)c1)NC(=O)CC(C)O[Si](c1ccccc1)(c1ccccc1)C(C)(C)C.S. The first-order valence-electron chi connectivity index (χ1n) is 12.4. The first-order valence-corrected chi connectivity index (χ1v) is 15.5. The Morgan fingerprint density at radius 3 is 1.95 bits per heavy atom. The highest BCUT2D eigenvalue weighted by atomic mass is 32.2. The number of carbonyl (C=O) groups is 1. The maximum Gasteiger partial charge on any atom is 0.419 e. The highest BCUT2D eigenvalue weighted by molar-refractivity contribution is 8.13. The van der Waals surface area contributed by atoms with Gasteiger partial charge in [0.25, 0.3) is 8.32 Å². The molecule has 1 atom stereocenters. The number of aliphatic imine (C=N–C) groups is 1. The molecule has 0 bridgehead atoms. The van der Waals surface area contributed by atoms with Crippen molar-refractivity contribution < 1.29 is 26.8 Å². The fourth-order valence-electron chi connectivity index (χ4n) is 4.51. The van der Waals surface area contributed by atoms with Gasteiger partial charge >= 0.3 is 6.18 Å². The fourth-order valence-corrected chi connectivity index (χ4v) is 9.62. The summed E-state index contributed by atoms with van der Waals surface area (Å²) in [6.45, 7) is 8.26. The molecule has 4 nitrogen and oxygen atoms in total. The summed E-state index contributed by atoms with van der Waals surface area (Å²) < 4.78 is 59.8. The number of benzene rings is 3. The van der Waals surface area contributed by atoms with E-state index < -0.39 is 37.9 Å². The molecule has 0 aliphatic carbocycles. The zero-order chi connectivity index (χ0) is 28.8. The second kappa shape index (κ2) is 13.8. The molecule has 0 saturated heterocycles. The van der Waals surface area contributed by atoms with Gasteiger partial charge in [0.15, 0.2) is 5.17 Å². The smallest absolute Gasteiger partial charge is 0.404 e. The van der Waals surface area contributed by atoms with E-state index in [0.717, 1.165) is 28.2 Å². The van der Waals surface area contributed by atoms with Gasteiger partial charge in [0.1, 0.15) is 5.82 Å². The molecule has 0 aliphatic rings. The lowest BCUT2D eigenvalue weighted by Gasteiger charge is -2.44. The standard InChI is InChI=1S/C29H32F4N2O2SSi.H2S/c1-20(18-26(36)35-27(38-5)34-21-16-17-25(30)24(19-21)29(31,32)33)37-39(28(2,3)4,22-12-8-6-9-13-22)23-14-10-7-11-15-23;/h6-17,19-20H,18H2,1-5H3,(H,34,35,36);1H2. The Balaban J connectivity index is 0.00000560. The third-order valence-corrected chi connectivity index (χ3v) is 11.9. The number of halogens is 4. The summed E-state index contributed by atoms with van der Waals surface area (Å²) in [5, 5.41) is 4.64. The van der Waals surface area contributed by atoms with Gasteiger partial charge in [-0.25, -0.2) is 9.38 Å². The Hall–Kier alpha value is -2.60. The number of amides is 1. The van der Waals surface area contributed by atoms with Gasteiger partial charge in [-0.15, -0.1) is 0 Å². The summed E-state index contributed by atoms with van der Waals surface area (Å²) in [6, 6.07) is 22.5. The Labute approximate surface area is 245 Å². The minimum atomic E-state index is -4.86. The van der Waals surface area contributed by atoms with Crippen LogP contribution in [0.3, 0.4) is 0 Å². The van der Waals surface area contributed by atoms with Crippen LogP contribution < -0.4 is 15.7 Å². The highest BCUT2D eigenvalue weighted by Gasteiger charge is 2.51. The predicted molar refractivity (Wildman–Crippen MR) is 163 cm³/mol. The zero-order valence-electron chi connectivity index (χ0n) is 23.0. The summed E-state index contributed by atoms with van der Waals surface area (Å²) in [4.78, 5) is 17.1. The average molecular weight is 611 g/mol. The van der Waals surface area contributed by atoms with Gasteiger partial charge in [-0.3, -0.25) is 4.79 Å². The van der Waals surface area contributed by atoms with Crippen LogP contribution in [-0.4, -0.2) is 31.8 Å². The summed E-state index contributed by atoms with van der Waals surface area (Å²) in [7, 11) is -2.88. The van der Waals surface area contributed by atoms with Crippen LogP contribution in [0.5, 0.6) is 0 Å². The largest absolute Gasteiger partial charge is 0.419 e. The van der Waals surface area contributed by atoms with E-state index in [1.165, 1.54) is 0 Å². The fraction of sp³-hybridized carbons (Fsp3) is 0.310. The Bertz CT molecular complexity index is 1260. The average Bonchev–Trinajstić information content (AvgIpc) is 2.87. The van der Waals surface area contributed by atoms with Gasteiger partial charge in [-0.05, 0) is 46.8 Å². The Morgan fingerprint density at radius 2 is 1.50 bits per heavy atom. The van der Waals surface area contributed by atoms with Crippen molar-refractivity contribution in [2.24, 2.45) is 4.99 Å². The number of alkyl halides is 3. The monoisotopic (exact) mass is 610 g/mol. The van der Waals surface area contributed by atoms with E-state index in [-0.39, 0.29) is 35.8 Å². The molecular weight excluding hydrogens is 577 g/mol. The van der Waals surface area contributed by atoms with Crippen LogP contribution in [0.25, 0.3) is 0 Å². The van der Waals surface area contributed by atoms with Crippen LogP contribution in [-0.2, 0) is 15.4 Å². The van der Waals surface area contributed by atoms with Crippen LogP contribution in [0.4, 0.5) is 23.2 Å². The molecule has 1 amide bonds.